The molecular weight excluding hydrogens is 633 g/mol. The van der Waals surface area contributed by atoms with E-state index in [9.17, 15) is 9.59 Å². The Balaban J connectivity index is 4.06. The Bertz CT molecular complexity index is 699. The molecule has 0 aromatic rings. The lowest BCUT2D eigenvalue weighted by molar-refractivity contribution is -0.873. The minimum absolute atomic E-state index is 0.0431. The lowest BCUT2D eigenvalue weighted by Gasteiger charge is -2.39. The van der Waals surface area contributed by atoms with Crippen molar-refractivity contribution in [2.45, 2.75) is 251 Å². The molecule has 0 atom stereocenters. The van der Waals surface area contributed by atoms with E-state index in [1.807, 2.05) is 21.1 Å². The fourth-order valence-electron chi connectivity index (χ4n) is 7.57. The van der Waals surface area contributed by atoms with E-state index in [4.69, 9.17) is 4.52 Å². The first-order valence-electron chi connectivity index (χ1n) is 22.4. The summed E-state index contributed by atoms with van der Waals surface area (Å²) in [6.45, 7) is 4.94. The predicted octanol–water partition coefficient (Wildman–Crippen LogP) is 14.7. The molecule has 0 heterocycles. The molecule has 0 spiro atoms. The molecule has 0 fully saturated rings. The Hall–Kier alpha value is -0.310. The Morgan fingerprint density at radius 1 is 0.400 bits per heavy atom. The minimum Gasteiger partial charge on any atom is -0.541 e. The lowest BCUT2D eigenvalue weighted by atomic mass is 9.86. The van der Waals surface area contributed by atoms with Crippen molar-refractivity contribution in [2.75, 3.05) is 27.7 Å². The molecular formula is C45H90NO3P. The van der Waals surface area contributed by atoms with Crippen LogP contribution in [0, 0.1) is 0 Å². The van der Waals surface area contributed by atoms with Gasteiger partial charge in [-0.2, -0.15) is 0 Å². The van der Waals surface area contributed by atoms with Crippen LogP contribution in [-0.4, -0.2) is 49.3 Å². The van der Waals surface area contributed by atoms with Gasteiger partial charge in [-0.25, -0.2) is 0 Å². The van der Waals surface area contributed by atoms with Gasteiger partial charge in [0.15, 0.2) is 11.6 Å². The summed E-state index contributed by atoms with van der Waals surface area (Å²) in [6.07, 6.45) is 45.7. The Labute approximate surface area is 317 Å². The van der Waals surface area contributed by atoms with Gasteiger partial charge in [-0.1, -0.05) is 219 Å². The van der Waals surface area contributed by atoms with E-state index in [1.54, 1.807) is 0 Å². The highest BCUT2D eigenvalue weighted by molar-refractivity contribution is 7.10. The first-order chi connectivity index (χ1) is 24.2. The van der Waals surface area contributed by atoms with E-state index in [2.05, 4.69) is 23.3 Å². The van der Waals surface area contributed by atoms with E-state index < -0.39 is 5.60 Å². The summed E-state index contributed by atoms with van der Waals surface area (Å²) in [5, 5.41) is 0. The van der Waals surface area contributed by atoms with Crippen molar-refractivity contribution in [3.63, 3.8) is 0 Å². The third-order valence-corrected chi connectivity index (χ3v) is 11.1. The molecule has 0 unspecified atom stereocenters. The van der Waals surface area contributed by atoms with Gasteiger partial charge in [0.25, 0.3) is 0 Å². The number of hydrogen-bond donors (Lipinski definition) is 0. The largest absolute Gasteiger partial charge is 0.541 e. The summed E-state index contributed by atoms with van der Waals surface area (Å²) >= 11 is 0. The van der Waals surface area contributed by atoms with Crippen LogP contribution in [0.2, 0.25) is 0 Å². The number of likely N-dealkylation sites (N-methyl/N-ethyl adjacent to an activating group) is 1. The number of nitrogens with zero attached hydrogens (tertiary/aromatic N) is 1. The zero-order valence-corrected chi connectivity index (χ0v) is 35.8. The average Bonchev–Trinajstić information content (AvgIpc) is 3.09. The summed E-state index contributed by atoms with van der Waals surface area (Å²) in [7, 11) is 9.32. The van der Waals surface area contributed by atoms with Crippen molar-refractivity contribution in [3.05, 3.63) is 0 Å². The second kappa shape index (κ2) is 35.7. The fraction of sp³-hybridized carbons (Fsp3) is 0.956. The number of quaternary nitrogens is 1. The van der Waals surface area contributed by atoms with Crippen LogP contribution in [0.4, 0.5) is 0 Å². The normalized spacial score (nSPS) is 12.2. The quantitative estimate of drug-likeness (QED) is 0.0273. The highest BCUT2D eigenvalue weighted by atomic mass is 31.0. The van der Waals surface area contributed by atoms with Crippen molar-refractivity contribution in [3.8, 4) is 0 Å². The third-order valence-electron chi connectivity index (χ3n) is 10.8. The van der Waals surface area contributed by atoms with Crippen LogP contribution in [-0.2, 0) is 14.1 Å². The standard InChI is InChI=1S/C45H90NO3P/c1-6-8-10-12-14-16-18-20-22-24-26-28-30-32-34-36-38-40-43(47)45(49-50,42-46(3,4)5)44(48)41-39-37-35-33-31-29-27-25-23-21-19-17-15-13-11-9-7-2/h50H,6-42H2,1-5H3. The number of unbranched alkanes of at least 4 members (excludes halogenated alkanes) is 32. The monoisotopic (exact) mass is 724 g/mol. The smallest absolute Gasteiger partial charge is 0.204 e. The van der Waals surface area contributed by atoms with Crippen molar-refractivity contribution in [2.24, 2.45) is 0 Å². The van der Waals surface area contributed by atoms with E-state index in [-0.39, 0.29) is 11.6 Å². The molecule has 50 heavy (non-hydrogen) atoms. The predicted molar refractivity (Wildman–Crippen MR) is 223 cm³/mol. The van der Waals surface area contributed by atoms with Crippen molar-refractivity contribution in [1.29, 1.82) is 0 Å². The average molecular weight is 724 g/mol. The molecule has 298 valence electrons. The second-order valence-corrected chi connectivity index (χ2v) is 17.2. The van der Waals surface area contributed by atoms with Crippen LogP contribution in [0.3, 0.4) is 0 Å². The maximum Gasteiger partial charge on any atom is 0.204 e. The SMILES string of the molecule is CCCCCCCCCCCCCCCCCCCC(=O)C(C[N+](C)(C)C)(O[PH-])C(=O)CCCCCCCCCCCCCCCCCCC. The molecule has 0 aromatic carbocycles. The van der Waals surface area contributed by atoms with Crippen molar-refractivity contribution >= 4 is 21.0 Å². The molecule has 0 rings (SSSR count). The van der Waals surface area contributed by atoms with Crippen LogP contribution >= 0.6 is 9.47 Å². The van der Waals surface area contributed by atoms with Gasteiger partial charge >= 0.3 is 0 Å². The molecule has 0 amide bonds. The molecule has 0 N–H and O–H groups in total. The van der Waals surface area contributed by atoms with Gasteiger partial charge in [-0.05, 0) is 12.8 Å². The fourth-order valence-corrected chi connectivity index (χ4v) is 7.86. The van der Waals surface area contributed by atoms with Crippen LogP contribution in [0.1, 0.15) is 245 Å². The Morgan fingerprint density at radius 3 is 0.780 bits per heavy atom. The number of rotatable bonds is 41. The molecule has 0 saturated heterocycles. The summed E-state index contributed by atoms with van der Waals surface area (Å²) < 4.78 is 6.21. The van der Waals surface area contributed by atoms with Crippen molar-refractivity contribution in [1.82, 2.24) is 0 Å². The highest BCUT2D eigenvalue weighted by Gasteiger charge is 2.46. The summed E-state index contributed by atoms with van der Waals surface area (Å²) in [5.74, 6) is -0.0861. The third kappa shape index (κ3) is 30.2. The van der Waals surface area contributed by atoms with Gasteiger partial charge in [-0.3, -0.25) is 9.59 Å². The van der Waals surface area contributed by atoms with E-state index in [0.717, 1.165) is 25.7 Å². The van der Waals surface area contributed by atoms with Crippen LogP contribution < -0.4 is 0 Å². The number of hydrogen-bond acceptors (Lipinski definition) is 3. The van der Waals surface area contributed by atoms with Crippen LogP contribution in [0.5, 0.6) is 0 Å². The summed E-state index contributed by atoms with van der Waals surface area (Å²) in [6, 6.07) is 0. The number of ketones is 2. The van der Waals surface area contributed by atoms with Gasteiger partial charge in [0.2, 0.25) is 5.60 Å². The van der Waals surface area contributed by atoms with Gasteiger partial charge in [0.05, 0.1) is 21.1 Å². The van der Waals surface area contributed by atoms with E-state index in [0.29, 0.717) is 23.9 Å². The topological polar surface area (TPSA) is 43.4 Å². The zero-order chi connectivity index (χ0) is 37.0. The molecule has 0 aliphatic rings. The summed E-state index contributed by atoms with van der Waals surface area (Å²) in [4.78, 5) is 27.1. The molecule has 4 nitrogen and oxygen atoms in total. The van der Waals surface area contributed by atoms with Crippen LogP contribution in [0.15, 0.2) is 0 Å². The first-order valence-corrected chi connectivity index (χ1v) is 22.9. The molecule has 0 bridgehead atoms. The second-order valence-electron chi connectivity index (χ2n) is 17.0. The maximum atomic E-state index is 13.6. The first kappa shape index (κ1) is 49.7. The van der Waals surface area contributed by atoms with E-state index in [1.165, 1.54) is 193 Å². The molecule has 5 heteroatoms. The molecule has 0 aliphatic heterocycles. The Kier molecular flexibility index (Phi) is 35.5. The van der Waals surface area contributed by atoms with Gasteiger partial charge < -0.3 is 18.5 Å². The van der Waals surface area contributed by atoms with E-state index >= 15 is 0 Å². The highest BCUT2D eigenvalue weighted by Crippen LogP contribution is 2.27. The Morgan fingerprint density at radius 2 is 0.600 bits per heavy atom. The number of carbonyl (C=O) groups excluding carboxylic acids is 2. The summed E-state index contributed by atoms with van der Waals surface area (Å²) in [5.41, 5.74) is -1.38. The molecule has 0 aliphatic carbocycles. The van der Waals surface area contributed by atoms with Gasteiger partial charge in [0, 0.05) is 12.8 Å². The molecule has 0 radical (unpaired) electrons. The van der Waals surface area contributed by atoms with Crippen molar-refractivity contribution < 1.29 is 18.6 Å². The molecule has 0 saturated carbocycles. The number of Topliss-reactive ketones (excluding diaryl/α,β-unsaturated/α-hetero) is 2. The molecule has 0 aromatic heterocycles. The minimum atomic E-state index is -1.38. The maximum absolute atomic E-state index is 13.6. The number of carbonyl (C=O) groups is 2. The zero-order valence-electron chi connectivity index (χ0n) is 34.8. The van der Waals surface area contributed by atoms with Gasteiger partial charge in [0.1, 0.15) is 6.54 Å². The lowest BCUT2D eigenvalue weighted by Crippen LogP contribution is -2.58. The van der Waals surface area contributed by atoms with Gasteiger partial charge in [-0.15, -0.1) is 0 Å². The van der Waals surface area contributed by atoms with Crippen LogP contribution in [0.25, 0.3) is 0 Å².